The van der Waals surface area contributed by atoms with E-state index in [2.05, 4.69) is 4.90 Å². The normalized spacial score (nSPS) is 14.9. The molecule has 0 bridgehead atoms. The molecule has 1 heterocycles. The molecule has 0 aliphatic carbocycles. The van der Waals surface area contributed by atoms with E-state index in [4.69, 9.17) is 5.73 Å². The molecule has 21 heavy (non-hydrogen) atoms. The van der Waals surface area contributed by atoms with Gasteiger partial charge in [-0.15, -0.1) is 0 Å². The van der Waals surface area contributed by atoms with Gasteiger partial charge in [0.05, 0.1) is 0 Å². The summed E-state index contributed by atoms with van der Waals surface area (Å²) in [6, 6.07) is 7.41. The maximum atomic E-state index is 11.4. The molecule has 0 atom stereocenters. The molecule has 2 rings (SSSR count). The average molecular weight is 290 g/mol. The molecule has 1 aliphatic heterocycles. The first-order valence-electron chi connectivity index (χ1n) is 7.27. The quantitative estimate of drug-likeness (QED) is 0.830. The van der Waals surface area contributed by atoms with Gasteiger partial charge in [-0.3, -0.25) is 9.69 Å². The van der Waals surface area contributed by atoms with E-state index < -0.39 is 6.03 Å². The lowest BCUT2D eigenvalue weighted by Crippen LogP contribution is -2.45. The first-order valence-corrected chi connectivity index (χ1v) is 7.27. The zero-order valence-electron chi connectivity index (χ0n) is 12.4. The van der Waals surface area contributed by atoms with Gasteiger partial charge >= 0.3 is 6.03 Å². The molecule has 6 heteroatoms. The Morgan fingerprint density at radius 1 is 1.24 bits per heavy atom. The Kier molecular flexibility index (Phi) is 5.03. The summed E-state index contributed by atoms with van der Waals surface area (Å²) in [4.78, 5) is 27.7. The van der Waals surface area contributed by atoms with Crippen LogP contribution in [0.1, 0.15) is 13.3 Å². The Bertz CT molecular complexity index is 481. The van der Waals surface area contributed by atoms with E-state index in [-0.39, 0.29) is 0 Å². The fourth-order valence-electron chi connectivity index (χ4n) is 2.52. The van der Waals surface area contributed by atoms with E-state index in [0.717, 1.165) is 50.4 Å². The van der Waals surface area contributed by atoms with Crippen molar-refractivity contribution in [1.82, 2.24) is 4.90 Å². The van der Waals surface area contributed by atoms with Crippen LogP contribution in [0.2, 0.25) is 0 Å². The number of nitrogens with two attached hydrogens (primary N) is 1. The number of urea groups is 1. The van der Waals surface area contributed by atoms with Crippen LogP contribution in [-0.4, -0.2) is 50.1 Å². The number of carbonyl (C=O) groups excluding carboxylic acids is 2. The highest BCUT2D eigenvalue weighted by molar-refractivity contribution is 5.90. The van der Waals surface area contributed by atoms with E-state index >= 15 is 0 Å². The molecule has 1 aliphatic rings. The van der Waals surface area contributed by atoms with E-state index in [1.54, 1.807) is 9.80 Å². The van der Waals surface area contributed by atoms with Crippen LogP contribution in [0.15, 0.2) is 24.3 Å². The lowest BCUT2D eigenvalue weighted by Gasteiger charge is -2.34. The van der Waals surface area contributed by atoms with Gasteiger partial charge in [0.2, 0.25) is 6.41 Å². The number of hydrogen-bond acceptors (Lipinski definition) is 3. The van der Waals surface area contributed by atoms with Crippen LogP contribution in [0.4, 0.5) is 16.2 Å². The highest BCUT2D eigenvalue weighted by Crippen LogP contribution is 2.22. The highest BCUT2D eigenvalue weighted by atomic mass is 16.2. The van der Waals surface area contributed by atoms with Crippen LogP contribution in [0.25, 0.3) is 0 Å². The zero-order valence-corrected chi connectivity index (χ0v) is 12.4. The standard InChI is InChI=1S/C15H22N4O2/c1-2-7-19(15(16)21)14-5-3-13(4-6-14)18-10-8-17(12-20)9-11-18/h3-6,12H,2,7-11H2,1H3,(H2,16,21). The number of anilines is 2. The average Bonchev–Trinajstić information content (AvgIpc) is 2.53. The van der Waals surface area contributed by atoms with Gasteiger partial charge in [-0.1, -0.05) is 6.92 Å². The second-order valence-corrected chi connectivity index (χ2v) is 5.13. The summed E-state index contributed by atoms with van der Waals surface area (Å²) in [5, 5.41) is 0. The number of piperazine rings is 1. The van der Waals surface area contributed by atoms with E-state index in [1.807, 2.05) is 31.2 Å². The number of rotatable bonds is 5. The summed E-state index contributed by atoms with van der Waals surface area (Å²) in [5.41, 5.74) is 7.33. The van der Waals surface area contributed by atoms with Crippen molar-refractivity contribution < 1.29 is 9.59 Å². The smallest absolute Gasteiger partial charge is 0.319 e. The number of nitrogens with zero attached hydrogens (tertiary/aromatic N) is 3. The van der Waals surface area contributed by atoms with Gasteiger partial charge < -0.3 is 15.5 Å². The molecule has 0 radical (unpaired) electrons. The predicted molar refractivity (Wildman–Crippen MR) is 83.5 cm³/mol. The zero-order chi connectivity index (χ0) is 15.2. The molecule has 3 amide bonds. The minimum absolute atomic E-state index is 0.427. The van der Waals surface area contributed by atoms with Crippen molar-refractivity contribution in [2.45, 2.75) is 13.3 Å². The Labute approximate surface area is 125 Å². The fourth-order valence-corrected chi connectivity index (χ4v) is 2.52. The second-order valence-electron chi connectivity index (χ2n) is 5.13. The molecule has 0 saturated carbocycles. The molecule has 0 aromatic heterocycles. The van der Waals surface area contributed by atoms with E-state index in [9.17, 15) is 9.59 Å². The number of amides is 3. The summed E-state index contributed by atoms with van der Waals surface area (Å²) in [5.74, 6) is 0. The first kappa shape index (κ1) is 15.2. The van der Waals surface area contributed by atoms with Crippen molar-refractivity contribution in [1.29, 1.82) is 0 Å². The highest BCUT2D eigenvalue weighted by Gasteiger charge is 2.16. The summed E-state index contributed by atoms with van der Waals surface area (Å²) < 4.78 is 0. The number of benzene rings is 1. The third-order valence-corrected chi connectivity index (χ3v) is 3.70. The van der Waals surface area contributed by atoms with Crippen LogP contribution >= 0.6 is 0 Å². The minimum Gasteiger partial charge on any atom is -0.368 e. The fraction of sp³-hybridized carbons (Fsp3) is 0.467. The molecule has 0 spiro atoms. The summed E-state index contributed by atoms with van der Waals surface area (Å²) in [6.45, 7) is 5.77. The SMILES string of the molecule is CCCN(C(N)=O)c1ccc(N2CCN(C=O)CC2)cc1. The largest absolute Gasteiger partial charge is 0.368 e. The predicted octanol–water partition coefficient (Wildman–Crippen LogP) is 1.26. The van der Waals surface area contributed by atoms with Gasteiger partial charge in [-0.2, -0.15) is 0 Å². The van der Waals surface area contributed by atoms with Crippen molar-refractivity contribution >= 4 is 23.8 Å². The maximum Gasteiger partial charge on any atom is 0.319 e. The van der Waals surface area contributed by atoms with Crippen LogP contribution in [-0.2, 0) is 4.79 Å². The van der Waals surface area contributed by atoms with Crippen molar-refractivity contribution in [3.8, 4) is 0 Å². The molecule has 1 saturated heterocycles. The van der Waals surface area contributed by atoms with Crippen molar-refractivity contribution in [2.24, 2.45) is 5.73 Å². The molecule has 114 valence electrons. The van der Waals surface area contributed by atoms with Crippen molar-refractivity contribution in [3.05, 3.63) is 24.3 Å². The Morgan fingerprint density at radius 2 is 1.86 bits per heavy atom. The summed E-state index contributed by atoms with van der Waals surface area (Å²) >= 11 is 0. The molecule has 0 unspecified atom stereocenters. The van der Waals surface area contributed by atoms with E-state index in [1.165, 1.54) is 0 Å². The van der Waals surface area contributed by atoms with Crippen LogP contribution < -0.4 is 15.5 Å². The van der Waals surface area contributed by atoms with Gasteiger partial charge in [0.25, 0.3) is 0 Å². The molecule has 1 fully saturated rings. The van der Waals surface area contributed by atoms with Gasteiger partial charge in [-0.25, -0.2) is 4.79 Å². The molecule has 1 aromatic rings. The van der Waals surface area contributed by atoms with Crippen LogP contribution in [0.5, 0.6) is 0 Å². The minimum atomic E-state index is -0.427. The van der Waals surface area contributed by atoms with Crippen molar-refractivity contribution in [2.75, 3.05) is 42.5 Å². The molecule has 1 aromatic carbocycles. The summed E-state index contributed by atoms with van der Waals surface area (Å²) in [6.07, 6.45) is 1.76. The van der Waals surface area contributed by atoms with Gasteiger partial charge in [0.15, 0.2) is 0 Å². The molecular formula is C15H22N4O2. The topological polar surface area (TPSA) is 69.9 Å². The maximum absolute atomic E-state index is 11.4. The molecular weight excluding hydrogens is 268 g/mol. The Hall–Kier alpha value is -2.24. The Balaban J connectivity index is 2.05. The monoisotopic (exact) mass is 290 g/mol. The van der Waals surface area contributed by atoms with Crippen LogP contribution in [0, 0.1) is 0 Å². The number of carbonyl (C=O) groups is 2. The number of hydrogen-bond donors (Lipinski definition) is 1. The lowest BCUT2D eigenvalue weighted by molar-refractivity contribution is -0.118. The molecule has 6 nitrogen and oxygen atoms in total. The molecule has 2 N–H and O–H groups in total. The third-order valence-electron chi connectivity index (χ3n) is 3.70. The van der Waals surface area contributed by atoms with Gasteiger partial charge in [0.1, 0.15) is 0 Å². The first-order chi connectivity index (χ1) is 10.2. The van der Waals surface area contributed by atoms with E-state index in [0.29, 0.717) is 6.54 Å². The Morgan fingerprint density at radius 3 is 2.33 bits per heavy atom. The third kappa shape index (κ3) is 3.65. The lowest BCUT2D eigenvalue weighted by atomic mass is 10.2. The number of primary amides is 1. The van der Waals surface area contributed by atoms with Crippen LogP contribution in [0.3, 0.4) is 0 Å². The van der Waals surface area contributed by atoms with Gasteiger partial charge in [0, 0.05) is 44.1 Å². The second kappa shape index (κ2) is 6.97. The van der Waals surface area contributed by atoms with Gasteiger partial charge in [-0.05, 0) is 30.7 Å². The van der Waals surface area contributed by atoms with Crippen molar-refractivity contribution in [3.63, 3.8) is 0 Å². The summed E-state index contributed by atoms with van der Waals surface area (Å²) in [7, 11) is 0.